The van der Waals surface area contributed by atoms with Gasteiger partial charge in [0.15, 0.2) is 5.69 Å². The summed E-state index contributed by atoms with van der Waals surface area (Å²) in [5, 5.41) is 9.96. The Labute approximate surface area is 125 Å². The van der Waals surface area contributed by atoms with Crippen molar-refractivity contribution < 1.29 is 24.1 Å². The lowest BCUT2D eigenvalue weighted by molar-refractivity contribution is 0.0692. The molecule has 1 N–H and O–H groups in total. The zero-order chi connectivity index (χ0) is 15.6. The normalized spacial score (nSPS) is 10.3. The summed E-state index contributed by atoms with van der Waals surface area (Å²) in [6, 6.07) is 3.36. The van der Waals surface area contributed by atoms with E-state index in [2.05, 4.69) is 4.98 Å². The average molecular weight is 309 g/mol. The van der Waals surface area contributed by atoms with Gasteiger partial charge in [0.05, 0.1) is 36.8 Å². The van der Waals surface area contributed by atoms with Gasteiger partial charge in [0.1, 0.15) is 17.2 Å². The van der Waals surface area contributed by atoms with Gasteiger partial charge in [-0.05, 0) is 6.92 Å². The van der Waals surface area contributed by atoms with E-state index < -0.39 is 5.97 Å². The largest absolute Gasteiger partial charge is 0.496 e. The minimum absolute atomic E-state index is 0.0146. The minimum atomic E-state index is -1.09. The van der Waals surface area contributed by atoms with Gasteiger partial charge in [0.25, 0.3) is 0 Å². The van der Waals surface area contributed by atoms with Crippen LogP contribution in [0.15, 0.2) is 12.1 Å². The minimum Gasteiger partial charge on any atom is -0.496 e. The number of carboxylic acid groups (broad SMARTS) is 1. The van der Waals surface area contributed by atoms with E-state index >= 15 is 0 Å². The summed E-state index contributed by atoms with van der Waals surface area (Å²) in [5.74, 6) is 0.412. The molecule has 112 valence electrons. The van der Waals surface area contributed by atoms with E-state index in [0.29, 0.717) is 32.7 Å². The molecular formula is C14H15NO5S. The predicted octanol–water partition coefficient (Wildman–Crippen LogP) is 2.84. The van der Waals surface area contributed by atoms with Crippen LogP contribution in [0.2, 0.25) is 0 Å². The third-order valence-electron chi connectivity index (χ3n) is 2.88. The molecule has 0 atom stereocenters. The first-order chi connectivity index (χ1) is 10.0. The number of aromatic nitrogens is 1. The second-order valence-electron chi connectivity index (χ2n) is 4.12. The van der Waals surface area contributed by atoms with Crippen molar-refractivity contribution in [3.8, 4) is 27.7 Å². The number of aromatic carboxylic acids is 1. The maximum absolute atomic E-state index is 11.4. The Kier molecular flexibility index (Phi) is 4.32. The molecule has 21 heavy (non-hydrogen) atoms. The molecule has 2 rings (SSSR count). The van der Waals surface area contributed by atoms with E-state index in [1.807, 2.05) is 0 Å². The van der Waals surface area contributed by atoms with Crippen LogP contribution in [0.1, 0.15) is 15.5 Å². The van der Waals surface area contributed by atoms with Crippen LogP contribution in [-0.2, 0) is 0 Å². The lowest BCUT2D eigenvalue weighted by Gasteiger charge is -2.14. The van der Waals surface area contributed by atoms with Gasteiger partial charge in [0, 0.05) is 12.1 Å². The van der Waals surface area contributed by atoms with Gasteiger partial charge in [0.2, 0.25) is 0 Å². The summed E-state index contributed by atoms with van der Waals surface area (Å²) >= 11 is 1.28. The van der Waals surface area contributed by atoms with E-state index in [1.54, 1.807) is 19.1 Å². The Hall–Kier alpha value is -2.28. The number of carbonyl (C=O) groups is 1. The first kappa shape index (κ1) is 15.1. The molecular weight excluding hydrogens is 294 g/mol. The van der Waals surface area contributed by atoms with Gasteiger partial charge in [-0.1, -0.05) is 0 Å². The SMILES string of the molecule is COc1cc(OC)c(-c2sc(C)nc2C(=O)O)c(OC)c1. The Balaban J connectivity index is 2.76. The fraction of sp³-hybridized carbons (Fsp3) is 0.286. The Morgan fingerprint density at radius 2 is 1.71 bits per heavy atom. The van der Waals surface area contributed by atoms with Gasteiger partial charge in [-0.15, -0.1) is 11.3 Å². The van der Waals surface area contributed by atoms with Crippen LogP contribution < -0.4 is 14.2 Å². The smallest absolute Gasteiger partial charge is 0.356 e. The third-order valence-corrected chi connectivity index (χ3v) is 3.87. The summed E-state index contributed by atoms with van der Waals surface area (Å²) in [6.45, 7) is 1.75. The van der Waals surface area contributed by atoms with Crippen molar-refractivity contribution in [1.29, 1.82) is 0 Å². The highest BCUT2D eigenvalue weighted by Gasteiger charge is 2.24. The maximum Gasteiger partial charge on any atom is 0.356 e. The predicted molar refractivity (Wildman–Crippen MR) is 78.9 cm³/mol. The topological polar surface area (TPSA) is 77.9 Å². The van der Waals surface area contributed by atoms with Gasteiger partial charge in [-0.3, -0.25) is 0 Å². The number of hydrogen-bond donors (Lipinski definition) is 1. The second kappa shape index (κ2) is 6.01. The van der Waals surface area contributed by atoms with Crippen molar-refractivity contribution in [3.05, 3.63) is 22.8 Å². The Morgan fingerprint density at radius 1 is 1.14 bits per heavy atom. The summed E-state index contributed by atoms with van der Waals surface area (Å²) in [6.07, 6.45) is 0. The average Bonchev–Trinajstić information content (AvgIpc) is 2.87. The van der Waals surface area contributed by atoms with E-state index in [1.165, 1.54) is 32.7 Å². The molecule has 1 aromatic carbocycles. The molecule has 6 nitrogen and oxygen atoms in total. The number of benzene rings is 1. The maximum atomic E-state index is 11.4. The summed E-state index contributed by atoms with van der Waals surface area (Å²) in [7, 11) is 4.55. The number of methoxy groups -OCH3 is 3. The Morgan fingerprint density at radius 3 is 2.14 bits per heavy atom. The van der Waals surface area contributed by atoms with E-state index in [-0.39, 0.29) is 5.69 Å². The molecule has 7 heteroatoms. The zero-order valence-electron chi connectivity index (χ0n) is 12.1. The molecule has 0 fully saturated rings. The molecule has 2 aromatic rings. The van der Waals surface area contributed by atoms with Gasteiger partial charge in [-0.2, -0.15) is 0 Å². The fourth-order valence-electron chi connectivity index (χ4n) is 1.97. The molecule has 0 unspecified atom stereocenters. The lowest BCUT2D eigenvalue weighted by Crippen LogP contribution is -2.01. The third kappa shape index (κ3) is 2.78. The molecule has 0 bridgehead atoms. The Bertz CT molecular complexity index is 655. The van der Waals surface area contributed by atoms with E-state index in [9.17, 15) is 9.90 Å². The number of hydrogen-bond acceptors (Lipinski definition) is 6. The van der Waals surface area contributed by atoms with E-state index in [0.717, 1.165) is 0 Å². The highest BCUT2D eigenvalue weighted by molar-refractivity contribution is 7.15. The van der Waals surface area contributed by atoms with Crippen LogP contribution in [0.3, 0.4) is 0 Å². The van der Waals surface area contributed by atoms with Crippen LogP contribution in [0.25, 0.3) is 10.4 Å². The number of ether oxygens (including phenoxy) is 3. The standard InChI is InChI=1S/C14H15NO5S/c1-7-15-12(14(16)17)13(21-7)11-9(19-3)5-8(18-2)6-10(11)20-4/h5-6H,1-4H3,(H,16,17). The number of rotatable bonds is 5. The molecule has 0 spiro atoms. The molecule has 0 saturated carbocycles. The van der Waals surface area contributed by atoms with Crippen molar-refractivity contribution >= 4 is 17.3 Å². The highest BCUT2D eigenvalue weighted by Crippen LogP contribution is 2.45. The van der Waals surface area contributed by atoms with E-state index in [4.69, 9.17) is 14.2 Å². The van der Waals surface area contributed by atoms with Crippen molar-refractivity contribution in [2.45, 2.75) is 6.92 Å². The van der Waals surface area contributed by atoms with Crippen LogP contribution in [0, 0.1) is 6.92 Å². The molecule has 0 aliphatic heterocycles. The highest BCUT2D eigenvalue weighted by atomic mass is 32.1. The summed E-state index contributed by atoms with van der Waals surface area (Å²) in [4.78, 5) is 15.9. The van der Waals surface area contributed by atoms with Crippen LogP contribution in [0.4, 0.5) is 0 Å². The molecule has 0 radical (unpaired) electrons. The van der Waals surface area contributed by atoms with Crippen LogP contribution in [-0.4, -0.2) is 37.4 Å². The first-order valence-corrected chi connectivity index (χ1v) is 6.84. The molecule has 1 heterocycles. The number of nitrogens with zero attached hydrogens (tertiary/aromatic N) is 1. The second-order valence-corrected chi connectivity index (χ2v) is 5.33. The molecule has 0 aliphatic rings. The van der Waals surface area contributed by atoms with Gasteiger partial charge >= 0.3 is 5.97 Å². The van der Waals surface area contributed by atoms with Crippen molar-refractivity contribution in [2.75, 3.05) is 21.3 Å². The van der Waals surface area contributed by atoms with Crippen LogP contribution >= 0.6 is 11.3 Å². The van der Waals surface area contributed by atoms with Crippen molar-refractivity contribution in [1.82, 2.24) is 4.98 Å². The number of aryl methyl sites for hydroxylation is 1. The van der Waals surface area contributed by atoms with Crippen molar-refractivity contribution in [3.63, 3.8) is 0 Å². The summed E-state index contributed by atoms with van der Waals surface area (Å²) < 4.78 is 15.9. The number of carboxylic acids is 1. The molecule has 0 saturated heterocycles. The quantitative estimate of drug-likeness (QED) is 0.915. The lowest BCUT2D eigenvalue weighted by atomic mass is 10.1. The fourth-order valence-corrected chi connectivity index (χ4v) is 2.94. The summed E-state index contributed by atoms with van der Waals surface area (Å²) in [5.41, 5.74) is 0.545. The van der Waals surface area contributed by atoms with Gasteiger partial charge < -0.3 is 19.3 Å². The van der Waals surface area contributed by atoms with Gasteiger partial charge in [-0.25, -0.2) is 9.78 Å². The van der Waals surface area contributed by atoms with Crippen molar-refractivity contribution in [2.24, 2.45) is 0 Å². The molecule has 0 aliphatic carbocycles. The number of thiazole rings is 1. The molecule has 1 aromatic heterocycles. The molecule has 0 amide bonds. The first-order valence-electron chi connectivity index (χ1n) is 6.03. The monoisotopic (exact) mass is 309 g/mol. The van der Waals surface area contributed by atoms with Crippen LogP contribution in [0.5, 0.6) is 17.2 Å². The zero-order valence-corrected chi connectivity index (χ0v) is 12.9.